The van der Waals surface area contributed by atoms with Crippen LogP contribution in [0.1, 0.15) is 30.9 Å². The molecule has 194 valence electrons. The van der Waals surface area contributed by atoms with E-state index in [-0.39, 0.29) is 49.5 Å². The number of carbonyl (C=O) groups excluding carboxylic acids is 3. The van der Waals surface area contributed by atoms with Gasteiger partial charge in [-0.15, -0.1) is 0 Å². The molecule has 0 saturated carbocycles. The molecule has 0 aromatic heterocycles. The molecule has 0 aliphatic carbocycles. The van der Waals surface area contributed by atoms with Crippen molar-refractivity contribution in [3.63, 3.8) is 0 Å². The average Bonchev–Trinajstić information content (AvgIpc) is 2.85. The van der Waals surface area contributed by atoms with Crippen LogP contribution in [-0.4, -0.2) is 65.8 Å². The summed E-state index contributed by atoms with van der Waals surface area (Å²) in [5.41, 5.74) is 7.64. The van der Waals surface area contributed by atoms with Crippen LogP contribution < -0.4 is 11.1 Å². The minimum absolute atomic E-state index is 0.178. The lowest BCUT2D eigenvalue weighted by Crippen LogP contribution is -2.65. The topological polar surface area (TPSA) is 95.7 Å². The molecule has 3 amide bonds. The van der Waals surface area contributed by atoms with Crippen molar-refractivity contribution in [1.82, 2.24) is 15.1 Å². The average molecular weight is 537 g/mol. The summed E-state index contributed by atoms with van der Waals surface area (Å²) in [7, 11) is 1.51. The third-order valence-corrected chi connectivity index (χ3v) is 7.00. The third kappa shape index (κ3) is 6.55. The minimum Gasteiger partial charge on any atom is -0.357 e. The Morgan fingerprint density at radius 3 is 2.44 bits per heavy atom. The molecule has 10 heteroatoms. The molecule has 2 aromatic rings. The van der Waals surface area contributed by atoms with Crippen LogP contribution in [-0.2, 0) is 27.2 Å². The van der Waals surface area contributed by atoms with E-state index >= 15 is 0 Å². The summed E-state index contributed by atoms with van der Waals surface area (Å²) in [4.78, 5) is 42.8. The van der Waals surface area contributed by atoms with Gasteiger partial charge < -0.3 is 20.9 Å². The van der Waals surface area contributed by atoms with Crippen LogP contribution in [0.25, 0.3) is 0 Å². The van der Waals surface area contributed by atoms with E-state index in [1.807, 2.05) is 6.92 Å². The third-order valence-electron chi connectivity index (χ3n) is 6.41. The quantitative estimate of drug-likeness (QED) is 0.514. The predicted octanol–water partition coefficient (Wildman–Crippen LogP) is 3.20. The number of benzene rings is 2. The Morgan fingerprint density at radius 2 is 1.83 bits per heavy atom. The second-order valence-corrected chi connectivity index (χ2v) is 9.72. The van der Waals surface area contributed by atoms with Crippen LogP contribution in [0.2, 0.25) is 10.0 Å². The lowest BCUT2D eigenvalue weighted by atomic mass is 9.97. The van der Waals surface area contributed by atoms with Gasteiger partial charge in [0.1, 0.15) is 17.9 Å². The first kappa shape index (κ1) is 27.9. The Hall–Kier alpha value is -2.68. The molecule has 0 radical (unpaired) electrons. The van der Waals surface area contributed by atoms with Crippen molar-refractivity contribution in [2.24, 2.45) is 5.73 Å². The van der Waals surface area contributed by atoms with Gasteiger partial charge in [-0.3, -0.25) is 14.4 Å². The van der Waals surface area contributed by atoms with Crippen molar-refractivity contribution >= 4 is 40.9 Å². The first-order chi connectivity index (χ1) is 17.2. The van der Waals surface area contributed by atoms with Gasteiger partial charge in [-0.2, -0.15) is 0 Å². The van der Waals surface area contributed by atoms with Crippen molar-refractivity contribution < 1.29 is 18.8 Å². The fourth-order valence-electron chi connectivity index (χ4n) is 4.51. The summed E-state index contributed by atoms with van der Waals surface area (Å²) in [6, 6.07) is 8.43. The molecule has 7 nitrogen and oxygen atoms in total. The lowest BCUT2D eigenvalue weighted by Gasteiger charge is -2.44. The van der Waals surface area contributed by atoms with E-state index in [1.165, 1.54) is 29.0 Å². The highest BCUT2D eigenvalue weighted by atomic mass is 35.5. The summed E-state index contributed by atoms with van der Waals surface area (Å²) < 4.78 is 13.2. The molecule has 3 unspecified atom stereocenters. The van der Waals surface area contributed by atoms with Crippen LogP contribution in [0.5, 0.6) is 0 Å². The summed E-state index contributed by atoms with van der Waals surface area (Å²) >= 11 is 12.3. The van der Waals surface area contributed by atoms with Crippen molar-refractivity contribution in [3.8, 4) is 0 Å². The van der Waals surface area contributed by atoms with Crippen LogP contribution in [0, 0.1) is 5.82 Å². The van der Waals surface area contributed by atoms with Crippen LogP contribution >= 0.6 is 23.2 Å². The minimum atomic E-state index is -0.878. The number of nitrogens with one attached hydrogen (secondary N) is 1. The number of hydrogen-bond acceptors (Lipinski definition) is 4. The smallest absolute Gasteiger partial charge is 0.246 e. The fraction of sp³-hybridized carbons (Fsp3) is 0.423. The first-order valence-electron chi connectivity index (χ1n) is 11.9. The highest BCUT2D eigenvalue weighted by Crippen LogP contribution is 2.26. The van der Waals surface area contributed by atoms with Crippen molar-refractivity contribution in [1.29, 1.82) is 0 Å². The highest BCUT2D eigenvalue weighted by molar-refractivity contribution is 6.35. The molecule has 3 N–H and O–H groups in total. The highest BCUT2D eigenvalue weighted by Gasteiger charge is 2.42. The molecule has 0 spiro atoms. The van der Waals surface area contributed by atoms with Crippen LogP contribution in [0.3, 0.4) is 0 Å². The zero-order chi connectivity index (χ0) is 26.4. The molecule has 2 aromatic carbocycles. The Bertz CT molecular complexity index is 1100. The van der Waals surface area contributed by atoms with E-state index in [1.54, 1.807) is 30.3 Å². The van der Waals surface area contributed by atoms with Crippen LogP contribution in [0.15, 0.2) is 42.5 Å². The van der Waals surface area contributed by atoms with Crippen molar-refractivity contribution in [3.05, 3.63) is 69.5 Å². The predicted molar refractivity (Wildman–Crippen MR) is 138 cm³/mol. The van der Waals surface area contributed by atoms with Crippen LogP contribution in [0.4, 0.5) is 4.39 Å². The molecule has 1 heterocycles. The molecule has 3 rings (SSSR count). The van der Waals surface area contributed by atoms with E-state index in [2.05, 4.69) is 5.32 Å². The zero-order valence-electron chi connectivity index (χ0n) is 20.3. The second-order valence-electron chi connectivity index (χ2n) is 8.87. The zero-order valence-corrected chi connectivity index (χ0v) is 21.9. The molecule has 0 bridgehead atoms. The maximum atomic E-state index is 13.7. The molecule has 1 fully saturated rings. The Kier molecular flexibility index (Phi) is 9.70. The monoisotopic (exact) mass is 536 g/mol. The van der Waals surface area contributed by atoms with E-state index in [0.29, 0.717) is 28.5 Å². The largest absolute Gasteiger partial charge is 0.357 e. The van der Waals surface area contributed by atoms with E-state index in [9.17, 15) is 18.8 Å². The summed E-state index contributed by atoms with van der Waals surface area (Å²) in [5.74, 6) is -1.33. The van der Waals surface area contributed by atoms with Gasteiger partial charge in [0, 0.05) is 36.6 Å². The maximum absolute atomic E-state index is 13.7. The molecule has 1 saturated heterocycles. The number of amides is 3. The van der Waals surface area contributed by atoms with Gasteiger partial charge >= 0.3 is 0 Å². The standard InChI is InChI=1S/C26H31Cl2FN4O3/c1-3-4-22-26(36)33(23(24(34)31-2)14-17-7-8-18(27)15-20(17)28)12-11-32(22)25(35)21(30)13-16-5-9-19(29)10-6-16/h5-10,15,21-23H,3-4,11-14,30H2,1-2H3,(H,31,34). The number of nitrogens with two attached hydrogens (primary N) is 1. The van der Waals surface area contributed by atoms with Crippen molar-refractivity contribution in [2.45, 2.75) is 50.7 Å². The SMILES string of the molecule is CCCC1C(=O)N(C(Cc2ccc(Cl)cc2Cl)C(=O)NC)CCN1C(=O)C(N)Cc1ccc(F)cc1. The maximum Gasteiger partial charge on any atom is 0.246 e. The number of piperazine rings is 1. The van der Waals surface area contributed by atoms with Gasteiger partial charge in [-0.05, 0) is 48.2 Å². The number of rotatable bonds is 9. The number of halogens is 3. The fourth-order valence-corrected chi connectivity index (χ4v) is 5.00. The molecule has 3 atom stereocenters. The summed E-state index contributed by atoms with van der Waals surface area (Å²) in [5, 5.41) is 3.52. The molecule has 36 heavy (non-hydrogen) atoms. The van der Waals surface area contributed by atoms with Gasteiger partial charge in [0.15, 0.2) is 0 Å². The number of nitrogens with zero attached hydrogens (tertiary/aromatic N) is 2. The lowest BCUT2D eigenvalue weighted by molar-refractivity contribution is -0.156. The molecule has 1 aliphatic heterocycles. The Labute approximate surface area is 220 Å². The molecular weight excluding hydrogens is 506 g/mol. The number of hydrogen-bond donors (Lipinski definition) is 2. The van der Waals surface area contributed by atoms with Gasteiger partial charge in [0.05, 0.1) is 6.04 Å². The Morgan fingerprint density at radius 1 is 1.14 bits per heavy atom. The Balaban J connectivity index is 1.80. The first-order valence-corrected chi connectivity index (χ1v) is 12.7. The summed E-state index contributed by atoms with van der Waals surface area (Å²) in [6.07, 6.45) is 1.53. The van der Waals surface area contributed by atoms with Gasteiger partial charge in [0.2, 0.25) is 17.7 Å². The van der Waals surface area contributed by atoms with E-state index < -0.39 is 18.1 Å². The number of likely N-dealkylation sites (N-methyl/N-ethyl adjacent to an activating group) is 1. The van der Waals surface area contributed by atoms with E-state index in [4.69, 9.17) is 28.9 Å². The second kappa shape index (κ2) is 12.5. The van der Waals surface area contributed by atoms with Gasteiger partial charge in [-0.25, -0.2) is 4.39 Å². The van der Waals surface area contributed by atoms with Gasteiger partial charge in [-0.1, -0.05) is 54.7 Å². The van der Waals surface area contributed by atoms with E-state index in [0.717, 1.165) is 5.56 Å². The normalized spacial score (nSPS) is 17.6. The van der Waals surface area contributed by atoms with Crippen molar-refractivity contribution in [2.75, 3.05) is 20.1 Å². The van der Waals surface area contributed by atoms with Gasteiger partial charge in [0.25, 0.3) is 0 Å². The summed E-state index contributed by atoms with van der Waals surface area (Å²) in [6.45, 7) is 2.35. The number of carbonyl (C=O) groups is 3. The molecular formula is C26H31Cl2FN4O3. The molecule has 1 aliphatic rings.